The predicted octanol–water partition coefficient (Wildman–Crippen LogP) is 4.53. The topological polar surface area (TPSA) is 76.1 Å². The van der Waals surface area contributed by atoms with Crippen LogP contribution in [0.1, 0.15) is 6.92 Å². The molecule has 1 amide bonds. The number of anilines is 2. The molecule has 1 heterocycles. The third kappa shape index (κ3) is 7.80. The van der Waals surface area contributed by atoms with Crippen molar-refractivity contribution in [2.45, 2.75) is 29.1 Å². The number of halogens is 6. The van der Waals surface area contributed by atoms with Crippen LogP contribution in [0.4, 0.5) is 37.2 Å². The number of carbonyl (C=O) groups is 1. The van der Waals surface area contributed by atoms with Crippen molar-refractivity contribution in [1.29, 1.82) is 0 Å². The van der Waals surface area contributed by atoms with Crippen LogP contribution in [0.5, 0.6) is 5.75 Å². The molecule has 0 spiro atoms. The molecule has 1 aromatic carbocycles. The van der Waals surface area contributed by atoms with Crippen molar-refractivity contribution in [2.75, 3.05) is 17.2 Å². The summed E-state index contributed by atoms with van der Waals surface area (Å²) in [6, 6.07) is 4.56. The van der Waals surface area contributed by atoms with Crippen LogP contribution in [-0.4, -0.2) is 40.4 Å². The van der Waals surface area contributed by atoms with E-state index in [1.807, 2.05) is 0 Å². The molecule has 1 unspecified atom stereocenters. The fraction of sp³-hybridized carbons (Fsp3) is 0.357. The van der Waals surface area contributed by atoms with Crippen molar-refractivity contribution >= 4 is 39.8 Å². The molecule has 0 saturated carbocycles. The molecule has 6 nitrogen and oxygen atoms in total. The molecule has 0 fully saturated rings. The second-order valence-electron chi connectivity index (χ2n) is 5.16. The first-order valence-electron chi connectivity index (χ1n) is 7.39. The Morgan fingerprint density at radius 1 is 1.18 bits per heavy atom. The minimum atomic E-state index is -4.81. The fourth-order valence-electron chi connectivity index (χ4n) is 1.69. The number of thioether (sulfide) groups is 1. The first kappa shape index (κ1) is 22.1. The van der Waals surface area contributed by atoms with Crippen LogP contribution in [-0.2, 0) is 4.79 Å². The van der Waals surface area contributed by atoms with Crippen molar-refractivity contribution in [3.05, 3.63) is 24.3 Å². The Kier molecular flexibility index (Phi) is 6.98. The number of hydrogen-bond acceptors (Lipinski definition) is 7. The van der Waals surface area contributed by atoms with Crippen LogP contribution < -0.4 is 15.4 Å². The highest BCUT2D eigenvalue weighted by Crippen LogP contribution is 2.30. The Morgan fingerprint density at radius 3 is 2.39 bits per heavy atom. The average molecular weight is 446 g/mol. The number of carbonyl (C=O) groups excluding carboxylic acids is 1. The number of nitrogens with zero attached hydrogens (tertiary/aromatic N) is 2. The third-order valence-electron chi connectivity index (χ3n) is 2.85. The highest BCUT2D eigenvalue weighted by molar-refractivity contribution is 8.02. The molecule has 0 saturated heterocycles. The van der Waals surface area contributed by atoms with Gasteiger partial charge in [-0.1, -0.05) is 23.1 Å². The molecule has 28 heavy (non-hydrogen) atoms. The second-order valence-corrected chi connectivity index (χ2v) is 7.73. The monoisotopic (exact) mass is 446 g/mol. The maximum atomic E-state index is 12.1. The van der Waals surface area contributed by atoms with Crippen LogP contribution in [0.2, 0.25) is 0 Å². The van der Waals surface area contributed by atoms with Crippen LogP contribution >= 0.6 is 23.1 Å². The summed E-state index contributed by atoms with van der Waals surface area (Å²) in [5, 5.41) is 11.1. The van der Waals surface area contributed by atoms with Gasteiger partial charge >= 0.3 is 12.5 Å². The zero-order valence-corrected chi connectivity index (χ0v) is 15.5. The van der Waals surface area contributed by atoms with E-state index in [4.69, 9.17) is 0 Å². The molecule has 0 aliphatic heterocycles. The molecule has 1 aromatic heterocycles. The lowest BCUT2D eigenvalue weighted by Gasteiger charge is -2.12. The maximum absolute atomic E-state index is 12.1. The molecule has 0 aliphatic carbocycles. The smallest absolute Gasteiger partial charge is 0.406 e. The predicted molar refractivity (Wildman–Crippen MR) is 91.5 cm³/mol. The number of alkyl halides is 6. The molecule has 0 bridgehead atoms. The molecular weight excluding hydrogens is 434 g/mol. The molecule has 154 valence electrons. The number of hydrogen-bond donors (Lipinski definition) is 2. The van der Waals surface area contributed by atoms with Crippen molar-refractivity contribution in [2.24, 2.45) is 0 Å². The summed E-state index contributed by atoms with van der Waals surface area (Å²) in [6.07, 6.45) is -9.21. The van der Waals surface area contributed by atoms with E-state index in [0.29, 0.717) is 0 Å². The molecule has 0 aliphatic rings. The van der Waals surface area contributed by atoms with Gasteiger partial charge in [-0.05, 0) is 31.2 Å². The van der Waals surface area contributed by atoms with Crippen molar-refractivity contribution in [3.63, 3.8) is 0 Å². The Balaban J connectivity index is 1.86. The summed E-state index contributed by atoms with van der Waals surface area (Å²) in [6.45, 7) is 0.280. The van der Waals surface area contributed by atoms with E-state index in [1.54, 1.807) is 0 Å². The Morgan fingerprint density at radius 2 is 1.82 bits per heavy atom. The summed E-state index contributed by atoms with van der Waals surface area (Å²) >= 11 is 1.83. The Labute approximate surface area is 162 Å². The second kappa shape index (κ2) is 8.86. The van der Waals surface area contributed by atoms with Gasteiger partial charge in [0.2, 0.25) is 11.0 Å². The number of rotatable bonds is 7. The van der Waals surface area contributed by atoms with Gasteiger partial charge in [-0.2, -0.15) is 13.2 Å². The van der Waals surface area contributed by atoms with Crippen molar-refractivity contribution in [1.82, 2.24) is 10.2 Å². The summed E-state index contributed by atoms with van der Waals surface area (Å²) < 4.78 is 76.8. The molecule has 2 N–H and O–H groups in total. The fourth-order valence-corrected chi connectivity index (χ4v) is 3.58. The lowest BCUT2D eigenvalue weighted by atomic mass is 10.3. The van der Waals surface area contributed by atoms with Crippen molar-refractivity contribution < 1.29 is 35.9 Å². The zero-order chi connectivity index (χ0) is 20.9. The van der Waals surface area contributed by atoms with E-state index in [1.165, 1.54) is 19.1 Å². The Hall–Kier alpha value is -2.22. The van der Waals surface area contributed by atoms with Crippen LogP contribution in [0.3, 0.4) is 0 Å². The standard InChI is InChI=1S/C14H12F6N4O2S2/c1-7(27-12-24-23-11(28-12)21-6-13(15,16)17)10(25)22-8-2-4-9(5-3-8)26-14(18,19)20/h2-5,7H,6H2,1H3,(H,21,23)(H,22,25). The molecule has 0 radical (unpaired) electrons. The van der Waals surface area contributed by atoms with Gasteiger partial charge in [0.05, 0.1) is 5.25 Å². The molecule has 14 heteroatoms. The molecular formula is C14H12F6N4O2S2. The van der Waals surface area contributed by atoms with Gasteiger partial charge in [0.25, 0.3) is 0 Å². The highest BCUT2D eigenvalue weighted by atomic mass is 32.2. The number of benzene rings is 1. The number of nitrogens with one attached hydrogen (secondary N) is 2. The first-order valence-corrected chi connectivity index (χ1v) is 9.08. The first-order chi connectivity index (χ1) is 12.9. The van der Waals surface area contributed by atoms with Gasteiger partial charge in [-0.15, -0.1) is 23.4 Å². The van der Waals surface area contributed by atoms with Gasteiger partial charge in [-0.3, -0.25) is 4.79 Å². The molecule has 1 atom stereocenters. The van der Waals surface area contributed by atoms with Gasteiger partial charge in [0, 0.05) is 5.69 Å². The third-order valence-corrected chi connectivity index (χ3v) is 4.91. The van der Waals surface area contributed by atoms with Crippen LogP contribution in [0.15, 0.2) is 28.6 Å². The van der Waals surface area contributed by atoms with E-state index in [9.17, 15) is 31.1 Å². The number of amides is 1. The van der Waals surface area contributed by atoms with E-state index < -0.39 is 36.0 Å². The largest absolute Gasteiger partial charge is 0.573 e. The lowest BCUT2D eigenvalue weighted by molar-refractivity contribution is -0.274. The normalized spacial score (nSPS) is 13.1. The van der Waals surface area contributed by atoms with E-state index >= 15 is 0 Å². The summed E-state index contributed by atoms with van der Waals surface area (Å²) in [4.78, 5) is 12.1. The summed E-state index contributed by atoms with van der Waals surface area (Å²) in [5.41, 5.74) is 0.247. The lowest BCUT2D eigenvalue weighted by Crippen LogP contribution is -2.22. The zero-order valence-electron chi connectivity index (χ0n) is 13.9. The van der Waals surface area contributed by atoms with E-state index in [-0.39, 0.29) is 15.2 Å². The van der Waals surface area contributed by atoms with Gasteiger partial charge < -0.3 is 15.4 Å². The Bertz CT molecular complexity index is 794. The van der Waals surface area contributed by atoms with Gasteiger partial charge in [0.15, 0.2) is 4.34 Å². The maximum Gasteiger partial charge on any atom is 0.573 e. The van der Waals surface area contributed by atoms with E-state index in [2.05, 4.69) is 25.6 Å². The van der Waals surface area contributed by atoms with Crippen LogP contribution in [0.25, 0.3) is 0 Å². The quantitative estimate of drug-likeness (QED) is 0.481. The number of ether oxygens (including phenoxy) is 1. The highest BCUT2D eigenvalue weighted by Gasteiger charge is 2.31. The minimum Gasteiger partial charge on any atom is -0.406 e. The van der Waals surface area contributed by atoms with Gasteiger partial charge in [-0.25, -0.2) is 0 Å². The summed E-state index contributed by atoms with van der Waals surface area (Å²) in [5.74, 6) is -0.907. The van der Waals surface area contributed by atoms with E-state index in [0.717, 1.165) is 35.2 Å². The molecule has 2 rings (SSSR count). The van der Waals surface area contributed by atoms with Crippen molar-refractivity contribution in [3.8, 4) is 5.75 Å². The number of aromatic nitrogens is 2. The van der Waals surface area contributed by atoms with Gasteiger partial charge in [0.1, 0.15) is 12.3 Å². The summed E-state index contributed by atoms with van der Waals surface area (Å²) in [7, 11) is 0. The van der Waals surface area contributed by atoms with Crippen LogP contribution in [0, 0.1) is 0 Å². The SMILES string of the molecule is CC(Sc1nnc(NCC(F)(F)F)s1)C(=O)Nc1ccc(OC(F)(F)F)cc1. The average Bonchev–Trinajstić information content (AvgIpc) is 3.00. The minimum absolute atomic E-state index is 0.0345. The molecule has 2 aromatic rings.